The van der Waals surface area contributed by atoms with Crippen molar-refractivity contribution in [3.8, 4) is 0 Å². The summed E-state index contributed by atoms with van der Waals surface area (Å²) < 4.78 is 6.75. The van der Waals surface area contributed by atoms with Gasteiger partial charge in [0.05, 0.1) is 6.61 Å². The fourth-order valence-corrected chi connectivity index (χ4v) is 3.34. The van der Waals surface area contributed by atoms with Gasteiger partial charge in [0.1, 0.15) is 5.54 Å². The molecule has 7 heteroatoms. The normalized spacial score (nSPS) is 20.0. The first-order valence-corrected chi connectivity index (χ1v) is 8.71. The second kappa shape index (κ2) is 7.34. The number of methoxy groups -OCH3 is 1. The molecule has 0 atom stereocenters. The van der Waals surface area contributed by atoms with Gasteiger partial charge in [-0.15, -0.1) is 0 Å². The lowest BCUT2D eigenvalue weighted by Crippen LogP contribution is -2.56. The zero-order chi connectivity index (χ0) is 17.0. The van der Waals surface area contributed by atoms with Gasteiger partial charge in [0.2, 0.25) is 11.8 Å². The Hall–Kier alpha value is -1.89. The van der Waals surface area contributed by atoms with E-state index in [0.29, 0.717) is 51.4 Å². The highest BCUT2D eigenvalue weighted by atomic mass is 16.5. The number of nitrogens with one attached hydrogen (secondary N) is 1. The van der Waals surface area contributed by atoms with Crippen LogP contribution in [-0.4, -0.2) is 59.8 Å². The number of carbonyl (C=O) groups is 2. The molecule has 1 aromatic heterocycles. The molecule has 1 aromatic rings. The number of ether oxygens (including phenoxy) is 1. The molecule has 0 spiro atoms. The molecule has 2 aliphatic rings. The van der Waals surface area contributed by atoms with Crippen LogP contribution in [0.15, 0.2) is 18.5 Å². The Balaban J connectivity index is 1.66. The van der Waals surface area contributed by atoms with Crippen molar-refractivity contribution in [2.24, 2.45) is 5.92 Å². The van der Waals surface area contributed by atoms with E-state index in [2.05, 4.69) is 10.4 Å². The van der Waals surface area contributed by atoms with Crippen LogP contribution in [0.4, 0.5) is 0 Å². The topological polar surface area (TPSA) is 76.5 Å². The monoisotopic (exact) mass is 334 g/mol. The van der Waals surface area contributed by atoms with E-state index >= 15 is 0 Å². The molecule has 2 amide bonds. The largest absolute Gasteiger partial charge is 0.383 e. The Labute approximate surface area is 142 Å². The van der Waals surface area contributed by atoms with Crippen LogP contribution in [0.1, 0.15) is 32.1 Å². The third kappa shape index (κ3) is 3.61. The van der Waals surface area contributed by atoms with Gasteiger partial charge in [-0.05, 0) is 37.7 Å². The van der Waals surface area contributed by atoms with Crippen LogP contribution in [0, 0.1) is 5.92 Å². The first-order chi connectivity index (χ1) is 11.7. The highest BCUT2D eigenvalue weighted by Crippen LogP contribution is 2.35. The summed E-state index contributed by atoms with van der Waals surface area (Å²) in [5.74, 6) is 0.775. The Bertz CT molecular complexity index is 560. The minimum absolute atomic E-state index is 0.0439. The summed E-state index contributed by atoms with van der Waals surface area (Å²) in [6.45, 7) is 2.15. The lowest BCUT2D eigenvalue weighted by molar-refractivity contribution is -0.140. The number of piperidine rings is 1. The number of carbonyl (C=O) groups excluding carboxylic acids is 2. The van der Waals surface area contributed by atoms with Gasteiger partial charge in [0, 0.05) is 45.6 Å². The van der Waals surface area contributed by atoms with E-state index < -0.39 is 5.54 Å². The molecule has 2 fully saturated rings. The highest BCUT2D eigenvalue weighted by molar-refractivity contribution is 5.85. The summed E-state index contributed by atoms with van der Waals surface area (Å²) in [4.78, 5) is 27.0. The first kappa shape index (κ1) is 17.0. The van der Waals surface area contributed by atoms with E-state index in [0.717, 1.165) is 0 Å². The average Bonchev–Trinajstić information content (AvgIpc) is 3.23. The molecule has 1 aliphatic heterocycles. The van der Waals surface area contributed by atoms with Crippen LogP contribution in [-0.2, 0) is 19.9 Å². The Morgan fingerprint density at radius 2 is 2.08 bits per heavy atom. The van der Waals surface area contributed by atoms with Gasteiger partial charge in [-0.2, -0.15) is 5.10 Å². The third-order valence-corrected chi connectivity index (χ3v) is 5.06. The minimum Gasteiger partial charge on any atom is -0.383 e. The zero-order valence-corrected chi connectivity index (χ0v) is 14.2. The van der Waals surface area contributed by atoms with E-state index in [1.54, 1.807) is 18.0 Å². The molecule has 1 N–H and O–H groups in total. The molecule has 132 valence electrons. The average molecular weight is 334 g/mol. The maximum absolute atomic E-state index is 12.8. The van der Waals surface area contributed by atoms with Crippen molar-refractivity contribution in [3.05, 3.63) is 18.5 Å². The van der Waals surface area contributed by atoms with Crippen LogP contribution in [0.3, 0.4) is 0 Å². The summed E-state index contributed by atoms with van der Waals surface area (Å²) in [5.41, 5.74) is -0.715. The van der Waals surface area contributed by atoms with Crippen LogP contribution < -0.4 is 5.32 Å². The Morgan fingerprint density at radius 3 is 2.67 bits per heavy atom. The van der Waals surface area contributed by atoms with Gasteiger partial charge < -0.3 is 15.0 Å². The van der Waals surface area contributed by atoms with E-state index in [4.69, 9.17) is 4.74 Å². The molecule has 1 aliphatic carbocycles. The molecule has 2 heterocycles. The maximum atomic E-state index is 12.8. The number of amides is 2. The molecule has 1 saturated heterocycles. The number of hydrogen-bond donors (Lipinski definition) is 1. The van der Waals surface area contributed by atoms with Crippen molar-refractivity contribution in [3.63, 3.8) is 0 Å². The summed E-state index contributed by atoms with van der Waals surface area (Å²) >= 11 is 0. The predicted molar refractivity (Wildman–Crippen MR) is 88.2 cm³/mol. The smallest absolute Gasteiger partial charge is 0.248 e. The molecule has 0 bridgehead atoms. The quantitative estimate of drug-likeness (QED) is 0.747. The highest BCUT2D eigenvalue weighted by Gasteiger charge is 2.44. The third-order valence-electron chi connectivity index (χ3n) is 5.06. The first-order valence-electron chi connectivity index (χ1n) is 8.71. The second-order valence-electron chi connectivity index (χ2n) is 6.76. The molecule has 24 heavy (non-hydrogen) atoms. The fraction of sp³-hybridized carbons (Fsp3) is 0.706. The van der Waals surface area contributed by atoms with Crippen molar-refractivity contribution < 1.29 is 14.3 Å². The predicted octanol–water partition coefficient (Wildman–Crippen LogP) is 0.763. The van der Waals surface area contributed by atoms with Gasteiger partial charge in [-0.25, -0.2) is 0 Å². The number of hydrogen-bond acceptors (Lipinski definition) is 4. The molecular formula is C17H26N4O3. The van der Waals surface area contributed by atoms with E-state index in [9.17, 15) is 9.59 Å². The van der Waals surface area contributed by atoms with Crippen LogP contribution in [0.2, 0.25) is 0 Å². The maximum Gasteiger partial charge on any atom is 0.248 e. The van der Waals surface area contributed by atoms with Gasteiger partial charge in [-0.1, -0.05) is 0 Å². The summed E-state index contributed by atoms with van der Waals surface area (Å²) in [6, 6.07) is 1.83. The van der Waals surface area contributed by atoms with E-state index in [-0.39, 0.29) is 11.8 Å². The lowest BCUT2D eigenvalue weighted by Gasteiger charge is -2.40. The Kier molecular flexibility index (Phi) is 5.18. The van der Waals surface area contributed by atoms with Crippen molar-refractivity contribution in [1.82, 2.24) is 20.0 Å². The fourth-order valence-electron chi connectivity index (χ4n) is 3.34. The summed E-state index contributed by atoms with van der Waals surface area (Å²) in [5, 5.41) is 7.25. The summed E-state index contributed by atoms with van der Waals surface area (Å²) in [7, 11) is 1.61. The minimum atomic E-state index is -0.715. The van der Waals surface area contributed by atoms with Crippen LogP contribution >= 0.6 is 0 Å². The van der Waals surface area contributed by atoms with Gasteiger partial charge in [0.15, 0.2) is 0 Å². The zero-order valence-electron chi connectivity index (χ0n) is 14.2. The lowest BCUT2D eigenvalue weighted by atomic mass is 9.86. The van der Waals surface area contributed by atoms with Gasteiger partial charge in [-0.3, -0.25) is 14.3 Å². The molecule has 1 saturated carbocycles. The molecule has 0 unspecified atom stereocenters. The van der Waals surface area contributed by atoms with Gasteiger partial charge in [0.25, 0.3) is 0 Å². The Morgan fingerprint density at radius 1 is 1.33 bits per heavy atom. The number of nitrogens with zero attached hydrogens (tertiary/aromatic N) is 3. The number of aromatic nitrogens is 2. The molecule has 7 nitrogen and oxygen atoms in total. The van der Waals surface area contributed by atoms with Crippen molar-refractivity contribution >= 4 is 11.8 Å². The van der Waals surface area contributed by atoms with Crippen LogP contribution in [0.25, 0.3) is 0 Å². The van der Waals surface area contributed by atoms with Crippen molar-refractivity contribution in [2.45, 2.75) is 37.6 Å². The molecular weight excluding hydrogens is 308 g/mol. The molecule has 3 rings (SSSR count). The van der Waals surface area contributed by atoms with Crippen molar-refractivity contribution in [1.29, 1.82) is 0 Å². The number of rotatable bonds is 7. The summed E-state index contributed by atoms with van der Waals surface area (Å²) in [6.07, 6.45) is 7.71. The molecule has 0 aromatic carbocycles. The molecule has 0 radical (unpaired) electrons. The number of likely N-dealkylation sites (tertiary alicyclic amines) is 1. The van der Waals surface area contributed by atoms with E-state index in [1.807, 2.05) is 17.2 Å². The second-order valence-corrected chi connectivity index (χ2v) is 6.76. The SMILES string of the molecule is COCCNC(=O)C1(n2cccn2)CCN(C(=O)CC2CC2)CC1. The van der Waals surface area contributed by atoms with Gasteiger partial charge >= 0.3 is 0 Å². The van der Waals surface area contributed by atoms with Crippen LogP contribution in [0.5, 0.6) is 0 Å². The van der Waals surface area contributed by atoms with E-state index in [1.165, 1.54) is 12.8 Å². The van der Waals surface area contributed by atoms with Crippen molar-refractivity contribution in [2.75, 3.05) is 33.4 Å². The standard InChI is InChI=1S/C17H26N4O3/c1-24-12-8-18-16(23)17(21-9-2-7-19-21)5-10-20(11-6-17)15(22)13-14-3-4-14/h2,7,9,14H,3-6,8,10-13H2,1H3,(H,18,23).